The standard InChI is InChI=1S/C27H19NO5/c1-18-12-13-21(31-18)17-25-26(29)23-15-14-22(16-24(23)33-25)32-27(30)28(19-8-4-2-5-9-19)20-10-6-3-7-11-20/h2-17H,1H3. The Hall–Kier alpha value is -4.58. The summed E-state index contributed by atoms with van der Waals surface area (Å²) in [6.45, 7) is 1.82. The summed E-state index contributed by atoms with van der Waals surface area (Å²) in [5.74, 6) is 1.74. The number of carbonyl (C=O) groups is 2. The SMILES string of the molecule is Cc1ccc(C=C2Oc3cc(OC(=O)N(c4ccccc4)c4ccccc4)ccc3C2=O)o1. The van der Waals surface area contributed by atoms with Gasteiger partial charge in [-0.1, -0.05) is 36.4 Å². The van der Waals surface area contributed by atoms with Crippen molar-refractivity contribution in [1.29, 1.82) is 0 Å². The summed E-state index contributed by atoms with van der Waals surface area (Å²) in [7, 11) is 0. The minimum Gasteiger partial charge on any atom is -0.462 e. The van der Waals surface area contributed by atoms with Crippen LogP contribution in [-0.4, -0.2) is 11.9 Å². The third-order valence-corrected chi connectivity index (χ3v) is 5.09. The molecule has 5 rings (SSSR count). The van der Waals surface area contributed by atoms with Gasteiger partial charge in [-0.3, -0.25) is 4.79 Å². The van der Waals surface area contributed by atoms with E-state index in [-0.39, 0.29) is 17.3 Å². The molecule has 33 heavy (non-hydrogen) atoms. The summed E-state index contributed by atoms with van der Waals surface area (Å²) in [5.41, 5.74) is 1.73. The molecule has 0 atom stereocenters. The molecule has 6 heteroatoms. The second-order valence-electron chi connectivity index (χ2n) is 7.42. The second kappa shape index (κ2) is 8.51. The number of hydrogen-bond acceptors (Lipinski definition) is 5. The van der Waals surface area contributed by atoms with Crippen LogP contribution < -0.4 is 14.4 Å². The number of nitrogens with zero attached hydrogens (tertiary/aromatic N) is 1. The molecule has 6 nitrogen and oxygen atoms in total. The molecule has 0 aliphatic carbocycles. The lowest BCUT2D eigenvalue weighted by Gasteiger charge is -2.22. The summed E-state index contributed by atoms with van der Waals surface area (Å²) in [6.07, 6.45) is 0.964. The average Bonchev–Trinajstić information content (AvgIpc) is 3.37. The Morgan fingerprint density at radius 1 is 0.879 bits per heavy atom. The van der Waals surface area contributed by atoms with Crippen molar-refractivity contribution in [3.05, 3.63) is 114 Å². The van der Waals surface area contributed by atoms with E-state index in [1.807, 2.05) is 73.7 Å². The van der Waals surface area contributed by atoms with Gasteiger partial charge in [-0.2, -0.15) is 0 Å². The van der Waals surface area contributed by atoms with E-state index in [1.54, 1.807) is 24.3 Å². The molecule has 0 radical (unpaired) electrons. The topological polar surface area (TPSA) is 69.0 Å². The highest BCUT2D eigenvalue weighted by Gasteiger charge is 2.29. The summed E-state index contributed by atoms with van der Waals surface area (Å²) < 4.78 is 16.9. The van der Waals surface area contributed by atoms with Crippen molar-refractivity contribution in [1.82, 2.24) is 0 Å². The Bertz CT molecular complexity index is 1320. The fourth-order valence-corrected chi connectivity index (χ4v) is 3.55. The van der Waals surface area contributed by atoms with E-state index in [0.717, 1.165) is 5.76 Å². The van der Waals surface area contributed by atoms with E-state index in [1.165, 1.54) is 11.0 Å². The molecule has 2 heterocycles. The van der Waals surface area contributed by atoms with Crippen molar-refractivity contribution >= 4 is 29.3 Å². The monoisotopic (exact) mass is 437 g/mol. The maximum Gasteiger partial charge on any atom is 0.424 e. The first kappa shape index (κ1) is 20.3. The summed E-state index contributed by atoms with van der Waals surface area (Å²) in [5, 5.41) is 0. The van der Waals surface area contributed by atoms with Gasteiger partial charge in [0.05, 0.1) is 16.9 Å². The molecule has 0 spiro atoms. The molecule has 1 amide bonds. The van der Waals surface area contributed by atoms with Crippen LogP contribution in [0.15, 0.2) is 101 Å². The predicted octanol–water partition coefficient (Wildman–Crippen LogP) is 6.54. The Labute approximate surface area is 190 Å². The number of anilines is 2. The predicted molar refractivity (Wildman–Crippen MR) is 124 cm³/mol. The van der Waals surface area contributed by atoms with Crippen LogP contribution >= 0.6 is 0 Å². The van der Waals surface area contributed by atoms with Crippen molar-refractivity contribution in [3.63, 3.8) is 0 Å². The van der Waals surface area contributed by atoms with E-state index in [4.69, 9.17) is 13.9 Å². The van der Waals surface area contributed by atoms with Crippen LogP contribution in [0.1, 0.15) is 21.9 Å². The molecule has 0 saturated heterocycles. The van der Waals surface area contributed by atoms with Gasteiger partial charge in [0.1, 0.15) is 23.0 Å². The van der Waals surface area contributed by atoms with Crippen LogP contribution in [0.5, 0.6) is 11.5 Å². The van der Waals surface area contributed by atoms with Gasteiger partial charge in [0.25, 0.3) is 0 Å². The first-order chi connectivity index (χ1) is 16.1. The van der Waals surface area contributed by atoms with Gasteiger partial charge in [-0.05, 0) is 55.5 Å². The van der Waals surface area contributed by atoms with Gasteiger partial charge < -0.3 is 13.9 Å². The third-order valence-electron chi connectivity index (χ3n) is 5.09. The van der Waals surface area contributed by atoms with Gasteiger partial charge in [-0.25, -0.2) is 9.69 Å². The minimum atomic E-state index is -0.585. The molecule has 0 bridgehead atoms. The smallest absolute Gasteiger partial charge is 0.424 e. The molecule has 3 aromatic carbocycles. The number of Topliss-reactive ketones (excluding diaryl/α,β-unsaturated/α-hetero) is 1. The Balaban J connectivity index is 1.40. The van der Waals surface area contributed by atoms with Crippen molar-refractivity contribution in [2.45, 2.75) is 6.92 Å². The summed E-state index contributed by atoms with van der Waals surface area (Å²) >= 11 is 0. The van der Waals surface area contributed by atoms with E-state index < -0.39 is 6.09 Å². The lowest BCUT2D eigenvalue weighted by atomic mass is 10.1. The Morgan fingerprint density at radius 2 is 1.55 bits per heavy atom. The molecule has 1 aliphatic heterocycles. The number of aryl methyl sites for hydroxylation is 1. The second-order valence-corrected chi connectivity index (χ2v) is 7.42. The van der Waals surface area contributed by atoms with Gasteiger partial charge in [0.2, 0.25) is 5.78 Å². The number of carbonyl (C=O) groups excluding carboxylic acids is 2. The number of hydrogen-bond donors (Lipinski definition) is 0. The number of benzene rings is 3. The van der Waals surface area contributed by atoms with Gasteiger partial charge in [-0.15, -0.1) is 0 Å². The minimum absolute atomic E-state index is 0.151. The number of furan rings is 1. The zero-order chi connectivity index (χ0) is 22.8. The molecule has 1 aromatic heterocycles. The Kier molecular flexibility index (Phi) is 5.24. The lowest BCUT2D eigenvalue weighted by Crippen LogP contribution is -2.29. The van der Waals surface area contributed by atoms with Crippen molar-refractivity contribution in [2.24, 2.45) is 0 Å². The normalized spacial score (nSPS) is 13.5. The molecular formula is C27H19NO5. The van der Waals surface area contributed by atoms with E-state index in [2.05, 4.69) is 0 Å². The third kappa shape index (κ3) is 4.14. The van der Waals surface area contributed by atoms with Crippen LogP contribution in [-0.2, 0) is 0 Å². The van der Waals surface area contributed by atoms with E-state index >= 15 is 0 Å². The van der Waals surface area contributed by atoms with Gasteiger partial charge in [0, 0.05) is 12.1 Å². The van der Waals surface area contributed by atoms with Gasteiger partial charge >= 0.3 is 6.09 Å². The maximum atomic E-state index is 13.2. The first-order valence-corrected chi connectivity index (χ1v) is 10.4. The van der Waals surface area contributed by atoms with E-state index in [9.17, 15) is 9.59 Å². The zero-order valence-electron chi connectivity index (χ0n) is 17.7. The van der Waals surface area contributed by atoms with Crippen molar-refractivity contribution in [3.8, 4) is 11.5 Å². The number of amides is 1. The number of ketones is 1. The average molecular weight is 437 g/mol. The molecule has 162 valence electrons. The molecule has 4 aromatic rings. The number of fused-ring (bicyclic) bond motifs is 1. The van der Waals surface area contributed by atoms with Crippen molar-refractivity contribution in [2.75, 3.05) is 4.90 Å². The van der Waals surface area contributed by atoms with Crippen LogP contribution in [0, 0.1) is 6.92 Å². The highest BCUT2D eigenvalue weighted by Crippen LogP contribution is 2.36. The maximum absolute atomic E-state index is 13.2. The number of allylic oxidation sites excluding steroid dienone is 1. The lowest BCUT2D eigenvalue weighted by molar-refractivity contribution is 0.101. The van der Waals surface area contributed by atoms with Crippen LogP contribution in [0.3, 0.4) is 0 Å². The quantitative estimate of drug-likeness (QED) is 0.339. The molecule has 0 N–H and O–H groups in total. The fraction of sp³-hybridized carbons (Fsp3) is 0.0370. The first-order valence-electron chi connectivity index (χ1n) is 10.4. The number of rotatable bonds is 4. The van der Waals surface area contributed by atoms with Crippen molar-refractivity contribution < 1.29 is 23.5 Å². The fourth-order valence-electron chi connectivity index (χ4n) is 3.55. The van der Waals surface area contributed by atoms with E-state index in [0.29, 0.717) is 28.4 Å². The largest absolute Gasteiger partial charge is 0.462 e. The van der Waals surface area contributed by atoms with Crippen LogP contribution in [0.25, 0.3) is 6.08 Å². The molecule has 0 fully saturated rings. The van der Waals surface area contributed by atoms with Crippen LogP contribution in [0.4, 0.5) is 16.2 Å². The number of para-hydroxylation sites is 2. The Morgan fingerprint density at radius 3 is 2.15 bits per heavy atom. The zero-order valence-corrected chi connectivity index (χ0v) is 17.7. The summed E-state index contributed by atoms with van der Waals surface area (Å²) in [6, 6.07) is 26.7. The highest BCUT2D eigenvalue weighted by atomic mass is 16.6. The summed E-state index contributed by atoms with van der Waals surface area (Å²) in [4.78, 5) is 27.3. The molecule has 0 saturated carbocycles. The van der Waals surface area contributed by atoms with Gasteiger partial charge in [0.15, 0.2) is 5.76 Å². The highest BCUT2D eigenvalue weighted by molar-refractivity contribution is 6.14. The molecule has 1 aliphatic rings. The number of ether oxygens (including phenoxy) is 2. The molecular weight excluding hydrogens is 418 g/mol. The van der Waals surface area contributed by atoms with Crippen LogP contribution in [0.2, 0.25) is 0 Å². The molecule has 0 unspecified atom stereocenters.